The van der Waals surface area contributed by atoms with Crippen LogP contribution in [0.2, 0.25) is 0 Å². The molecule has 0 fully saturated rings. The van der Waals surface area contributed by atoms with Crippen LogP contribution in [0, 0.1) is 0 Å². The van der Waals surface area contributed by atoms with Crippen LogP contribution >= 0.6 is 0 Å². The van der Waals surface area contributed by atoms with Crippen molar-refractivity contribution in [3.8, 4) is 0 Å². The summed E-state index contributed by atoms with van der Waals surface area (Å²) in [4.78, 5) is 73.2. The number of hydrogen-bond acceptors (Lipinski definition) is 8. The first kappa shape index (κ1) is 18.6. The van der Waals surface area contributed by atoms with Gasteiger partial charge in [0.1, 0.15) is 22.8 Å². The molecular weight excluding hydrogens is 348 g/mol. The second-order valence-corrected chi connectivity index (χ2v) is 5.59. The molecule has 0 amide bonds. The molecule has 12 heteroatoms. The third kappa shape index (κ3) is 2.39. The van der Waals surface area contributed by atoms with Gasteiger partial charge in [-0.15, -0.1) is 0 Å². The van der Waals surface area contributed by atoms with Gasteiger partial charge in [0.25, 0.3) is 11.1 Å². The summed E-state index contributed by atoms with van der Waals surface area (Å²) in [5.41, 5.74) is 5.96. The Labute approximate surface area is 144 Å². The van der Waals surface area contributed by atoms with Crippen LogP contribution in [-0.2, 0) is 28.2 Å². The van der Waals surface area contributed by atoms with Crippen LogP contribution in [0.1, 0.15) is 20.7 Å². The van der Waals surface area contributed by atoms with Crippen molar-refractivity contribution in [3.05, 3.63) is 52.8 Å². The molecule has 0 bridgehead atoms. The van der Waals surface area contributed by atoms with Gasteiger partial charge < -0.3 is 11.5 Å². The highest BCUT2D eigenvalue weighted by atomic mass is 16.2. The summed E-state index contributed by atoms with van der Waals surface area (Å²) in [5.74, 6) is -3.89. The van der Waals surface area contributed by atoms with Gasteiger partial charge in [-0.05, 0) is 0 Å². The first-order valence-electron chi connectivity index (χ1n) is 7.13. The Kier molecular flexibility index (Phi) is 4.29. The summed E-state index contributed by atoms with van der Waals surface area (Å²) in [6.07, 6.45) is 0. The Bertz CT molecular complexity index is 1110. The summed E-state index contributed by atoms with van der Waals surface area (Å²) in [6.45, 7) is 0. The number of rotatable bonds is 3. The lowest BCUT2D eigenvalue weighted by Crippen LogP contribution is -2.45. The molecule has 2 heterocycles. The van der Waals surface area contributed by atoms with Gasteiger partial charge in [0.15, 0.2) is 0 Å². The minimum absolute atomic E-state index is 0.531. The van der Waals surface area contributed by atoms with E-state index in [0.717, 1.165) is 23.2 Å². The van der Waals surface area contributed by atoms with Crippen LogP contribution in [0.5, 0.6) is 0 Å². The molecule has 2 aromatic rings. The highest BCUT2D eigenvalue weighted by molar-refractivity contribution is 6.50. The molecule has 0 aliphatic carbocycles. The van der Waals surface area contributed by atoms with E-state index < -0.39 is 56.8 Å². The van der Waals surface area contributed by atoms with Gasteiger partial charge in [-0.3, -0.25) is 37.4 Å². The first-order chi connectivity index (χ1) is 11.9. The van der Waals surface area contributed by atoms with Crippen molar-refractivity contribution in [1.29, 1.82) is 0 Å². The number of hydrogen-bond donors (Lipinski definition) is 2. The van der Waals surface area contributed by atoms with E-state index in [4.69, 9.17) is 11.5 Å². The van der Waals surface area contributed by atoms with E-state index in [1.165, 1.54) is 14.1 Å². The first-order valence-corrected chi connectivity index (χ1v) is 7.13. The highest BCUT2D eigenvalue weighted by Crippen LogP contribution is 2.11. The molecule has 0 saturated heterocycles. The van der Waals surface area contributed by atoms with Crippen molar-refractivity contribution in [2.75, 3.05) is 11.5 Å². The zero-order chi connectivity index (χ0) is 20.1. The molecular formula is C14H16N6O6. The van der Waals surface area contributed by atoms with Crippen LogP contribution in [-0.4, -0.2) is 29.8 Å². The second kappa shape index (κ2) is 5.98. The SMILES string of the molecule is Cn1c(N)c(C(=O)C(=O)c2c(N)n(C)c(=O)n(C)c2=O)c(=O)n(C)c1=O. The van der Waals surface area contributed by atoms with E-state index in [1.54, 1.807) is 0 Å². The number of nitrogen functional groups attached to an aromatic ring is 2. The average molecular weight is 364 g/mol. The monoisotopic (exact) mass is 364 g/mol. The number of aromatic nitrogens is 4. The molecule has 0 atom stereocenters. The molecule has 0 aliphatic rings. The maximum atomic E-state index is 12.6. The molecule has 0 radical (unpaired) electrons. The van der Waals surface area contributed by atoms with E-state index in [2.05, 4.69) is 0 Å². The highest BCUT2D eigenvalue weighted by Gasteiger charge is 2.31. The lowest BCUT2D eigenvalue weighted by atomic mass is 10.0. The predicted octanol–water partition coefficient (Wildman–Crippen LogP) is -3.29. The van der Waals surface area contributed by atoms with Crippen LogP contribution in [0.4, 0.5) is 11.6 Å². The maximum Gasteiger partial charge on any atom is 0.332 e. The number of carbonyl (C=O) groups excluding carboxylic acids is 2. The van der Waals surface area contributed by atoms with Crippen LogP contribution in [0.25, 0.3) is 0 Å². The van der Waals surface area contributed by atoms with Crippen molar-refractivity contribution >= 4 is 23.2 Å². The van der Waals surface area contributed by atoms with Crippen LogP contribution in [0.15, 0.2) is 19.2 Å². The number of nitrogens with two attached hydrogens (primary N) is 2. The summed E-state index contributed by atoms with van der Waals surface area (Å²) >= 11 is 0. The molecule has 0 aliphatic heterocycles. The largest absolute Gasteiger partial charge is 0.384 e. The standard InChI is InChI=1S/C14H16N6O6/c1-17-9(15)5(11(23)19(3)13(17)25)7(21)8(22)6-10(16)18(2)14(26)20(4)12(6)24/h15-16H2,1-4H3. The van der Waals surface area contributed by atoms with Crippen LogP contribution < -0.4 is 34.0 Å². The maximum absolute atomic E-state index is 12.6. The fourth-order valence-corrected chi connectivity index (χ4v) is 2.37. The number of ketones is 2. The lowest BCUT2D eigenvalue weighted by molar-refractivity contribution is 0.0814. The van der Waals surface area contributed by atoms with Crippen molar-refractivity contribution in [3.63, 3.8) is 0 Å². The molecule has 2 rings (SSSR count). The number of Topliss-reactive ketones (excluding diaryl/α,β-unsaturated/α-hetero) is 2. The minimum atomic E-state index is -1.42. The molecule has 12 nitrogen and oxygen atoms in total. The quantitative estimate of drug-likeness (QED) is 0.421. The Morgan fingerprint density at radius 3 is 1.15 bits per heavy atom. The lowest BCUT2D eigenvalue weighted by Gasteiger charge is -2.12. The molecule has 0 unspecified atom stereocenters. The van der Waals surface area contributed by atoms with Crippen molar-refractivity contribution in [1.82, 2.24) is 18.3 Å². The molecule has 0 spiro atoms. The molecule has 0 aromatic carbocycles. The van der Waals surface area contributed by atoms with Gasteiger partial charge in [-0.25, -0.2) is 9.59 Å². The fourth-order valence-electron chi connectivity index (χ4n) is 2.37. The topological polar surface area (TPSA) is 174 Å². The van der Waals surface area contributed by atoms with E-state index in [-0.39, 0.29) is 0 Å². The molecule has 0 saturated carbocycles. The second-order valence-electron chi connectivity index (χ2n) is 5.59. The zero-order valence-corrected chi connectivity index (χ0v) is 14.4. The summed E-state index contributed by atoms with van der Waals surface area (Å²) < 4.78 is 2.81. The summed E-state index contributed by atoms with van der Waals surface area (Å²) in [6, 6.07) is 0. The molecule has 26 heavy (non-hydrogen) atoms. The molecule has 2 aromatic heterocycles. The van der Waals surface area contributed by atoms with Crippen molar-refractivity contribution < 1.29 is 9.59 Å². The fraction of sp³-hybridized carbons (Fsp3) is 0.286. The van der Waals surface area contributed by atoms with Gasteiger partial charge in [-0.2, -0.15) is 0 Å². The number of anilines is 2. The van der Waals surface area contributed by atoms with Gasteiger partial charge >= 0.3 is 11.4 Å². The van der Waals surface area contributed by atoms with Gasteiger partial charge in [-0.1, -0.05) is 0 Å². The summed E-state index contributed by atoms with van der Waals surface area (Å²) in [5, 5.41) is 0. The predicted molar refractivity (Wildman–Crippen MR) is 91.3 cm³/mol. The normalized spacial score (nSPS) is 10.8. The van der Waals surface area contributed by atoms with Crippen molar-refractivity contribution in [2.45, 2.75) is 0 Å². The van der Waals surface area contributed by atoms with E-state index >= 15 is 0 Å². The molecule has 138 valence electrons. The van der Waals surface area contributed by atoms with E-state index in [0.29, 0.717) is 9.13 Å². The third-order valence-corrected chi connectivity index (χ3v) is 4.08. The average Bonchev–Trinajstić information content (AvgIpc) is 2.61. The minimum Gasteiger partial charge on any atom is -0.384 e. The molecule has 4 N–H and O–H groups in total. The Balaban J connectivity index is 2.83. The van der Waals surface area contributed by atoms with Crippen molar-refractivity contribution in [2.24, 2.45) is 28.2 Å². The van der Waals surface area contributed by atoms with Gasteiger partial charge in [0.05, 0.1) is 0 Å². The van der Waals surface area contributed by atoms with Crippen LogP contribution in [0.3, 0.4) is 0 Å². The van der Waals surface area contributed by atoms with E-state index in [1.807, 2.05) is 0 Å². The smallest absolute Gasteiger partial charge is 0.332 e. The van der Waals surface area contributed by atoms with Gasteiger partial charge in [0.2, 0.25) is 11.6 Å². The van der Waals surface area contributed by atoms with E-state index in [9.17, 15) is 28.8 Å². The summed E-state index contributed by atoms with van der Waals surface area (Å²) in [7, 11) is 4.62. The Morgan fingerprint density at radius 1 is 0.615 bits per heavy atom. The number of nitrogens with zero attached hydrogens (tertiary/aromatic N) is 4. The third-order valence-electron chi connectivity index (χ3n) is 4.08. The zero-order valence-electron chi connectivity index (χ0n) is 14.4. The Hall–Kier alpha value is -3.70. The Morgan fingerprint density at radius 2 is 0.885 bits per heavy atom. The van der Waals surface area contributed by atoms with Gasteiger partial charge in [0, 0.05) is 28.2 Å². The number of carbonyl (C=O) groups is 2.